The average Bonchev–Trinajstić information content (AvgIpc) is 3.10. The molecule has 2 rings (SSSR count). The molecular weight excluding hydrogens is 340 g/mol. The van der Waals surface area contributed by atoms with Crippen molar-refractivity contribution >= 4 is 23.4 Å². The Kier molecular flexibility index (Phi) is 7.47. The molecule has 25 heavy (non-hydrogen) atoms. The van der Waals surface area contributed by atoms with E-state index in [9.17, 15) is 9.59 Å². The first-order valence-electron chi connectivity index (χ1n) is 7.75. The van der Waals surface area contributed by atoms with Crippen molar-refractivity contribution < 1.29 is 19.1 Å². The number of benzene rings is 1. The minimum absolute atomic E-state index is 0.230. The van der Waals surface area contributed by atoms with Crippen LogP contribution >= 0.6 is 11.3 Å². The second-order valence-electron chi connectivity index (χ2n) is 4.79. The second-order valence-corrected chi connectivity index (χ2v) is 5.82. The predicted molar refractivity (Wildman–Crippen MR) is 94.2 cm³/mol. The molecule has 0 spiro atoms. The number of aromatic nitrogens is 1. The van der Waals surface area contributed by atoms with E-state index in [1.165, 1.54) is 17.5 Å². The fraction of sp³-hybridized carbons (Fsp3) is 0.278. The third-order valence-corrected chi connectivity index (χ3v) is 3.80. The Morgan fingerprint density at radius 1 is 1.24 bits per heavy atom. The highest BCUT2D eigenvalue weighted by Gasteiger charge is 2.09. The summed E-state index contributed by atoms with van der Waals surface area (Å²) >= 11 is 1.18. The number of carbonyl (C=O) groups excluding carboxylic acids is 2. The van der Waals surface area contributed by atoms with Crippen molar-refractivity contribution in [3.05, 3.63) is 52.0 Å². The highest BCUT2D eigenvalue weighted by atomic mass is 32.1. The van der Waals surface area contributed by atoms with Crippen LogP contribution in [0.2, 0.25) is 0 Å². The zero-order chi connectivity index (χ0) is 17.9. The van der Waals surface area contributed by atoms with Crippen LogP contribution in [0.5, 0.6) is 0 Å². The Morgan fingerprint density at radius 3 is 2.80 bits per heavy atom. The lowest BCUT2D eigenvalue weighted by Crippen LogP contribution is -2.24. The Morgan fingerprint density at radius 2 is 2.04 bits per heavy atom. The first-order valence-corrected chi connectivity index (χ1v) is 8.57. The van der Waals surface area contributed by atoms with Gasteiger partial charge >= 0.3 is 12.1 Å². The lowest BCUT2D eigenvalue weighted by molar-refractivity contribution is 0.0531. The summed E-state index contributed by atoms with van der Waals surface area (Å²) in [5.74, 6) is 5.35. The molecule has 0 saturated heterocycles. The van der Waals surface area contributed by atoms with Crippen LogP contribution in [0.4, 0.5) is 4.79 Å². The first kappa shape index (κ1) is 18.5. The molecule has 0 fully saturated rings. The summed E-state index contributed by atoms with van der Waals surface area (Å²) in [6.07, 6.45) is 1.42. The zero-order valence-electron chi connectivity index (χ0n) is 13.8. The van der Waals surface area contributed by atoms with E-state index in [2.05, 4.69) is 22.1 Å². The lowest BCUT2D eigenvalue weighted by atomic mass is 10.2. The highest BCUT2D eigenvalue weighted by molar-refractivity contribution is 7.14. The molecular formula is C18H18N2O4S. The third kappa shape index (κ3) is 6.65. The summed E-state index contributed by atoms with van der Waals surface area (Å²) in [7, 11) is 0. The molecule has 1 amide bonds. The summed E-state index contributed by atoms with van der Waals surface area (Å²) in [6, 6.07) is 9.45. The number of esters is 1. The van der Waals surface area contributed by atoms with Crippen LogP contribution in [-0.2, 0) is 16.1 Å². The Hall–Kier alpha value is -2.85. The van der Waals surface area contributed by atoms with Gasteiger partial charge in [0.25, 0.3) is 0 Å². The molecule has 2 aromatic rings. The molecule has 0 saturated carbocycles. The smallest absolute Gasteiger partial charge is 0.407 e. The van der Waals surface area contributed by atoms with Gasteiger partial charge in [0.15, 0.2) is 5.01 Å². The highest BCUT2D eigenvalue weighted by Crippen LogP contribution is 2.12. The van der Waals surface area contributed by atoms with Crippen molar-refractivity contribution in [2.24, 2.45) is 0 Å². The fourth-order valence-corrected chi connectivity index (χ4v) is 2.45. The fourth-order valence-electron chi connectivity index (χ4n) is 1.77. The number of hydrogen-bond donors (Lipinski definition) is 1. The van der Waals surface area contributed by atoms with E-state index in [0.717, 1.165) is 5.56 Å². The normalized spacial score (nSPS) is 9.64. The first-order chi connectivity index (χ1) is 12.2. The molecule has 7 heteroatoms. The van der Waals surface area contributed by atoms with E-state index >= 15 is 0 Å². The van der Waals surface area contributed by atoms with E-state index < -0.39 is 12.1 Å². The number of rotatable bonds is 6. The van der Waals surface area contributed by atoms with Crippen molar-refractivity contribution in [1.29, 1.82) is 0 Å². The zero-order valence-corrected chi connectivity index (χ0v) is 14.6. The molecule has 0 aliphatic rings. The van der Waals surface area contributed by atoms with Crippen molar-refractivity contribution in [3.63, 3.8) is 0 Å². The standard InChI is InChI=1S/C18H18N2O4S/c1-2-23-17(21)15-12-20-16(25-15)10-6-7-11-19-18(22)24-13-14-8-4-3-5-9-14/h3-5,8-9,12H,2,7,11,13H2,1H3,(H,19,22). The molecule has 130 valence electrons. The maximum atomic E-state index is 11.5. The van der Waals surface area contributed by atoms with Crippen molar-refractivity contribution in [3.8, 4) is 11.8 Å². The summed E-state index contributed by atoms with van der Waals surface area (Å²) in [5.41, 5.74) is 0.929. The quantitative estimate of drug-likeness (QED) is 0.488. The molecule has 1 aromatic carbocycles. The third-order valence-electron chi connectivity index (χ3n) is 2.91. The monoisotopic (exact) mass is 358 g/mol. The number of hydrogen-bond acceptors (Lipinski definition) is 6. The van der Waals surface area contributed by atoms with Gasteiger partial charge in [-0.05, 0) is 18.4 Å². The molecule has 1 N–H and O–H groups in total. The maximum absolute atomic E-state index is 11.5. The van der Waals surface area contributed by atoms with Gasteiger partial charge < -0.3 is 14.8 Å². The van der Waals surface area contributed by atoms with Gasteiger partial charge in [-0.1, -0.05) is 47.6 Å². The van der Waals surface area contributed by atoms with Gasteiger partial charge in [-0.2, -0.15) is 0 Å². The van der Waals surface area contributed by atoms with Gasteiger partial charge in [0.2, 0.25) is 0 Å². The summed E-state index contributed by atoms with van der Waals surface area (Å²) in [6.45, 7) is 2.67. The topological polar surface area (TPSA) is 77.5 Å². The van der Waals surface area contributed by atoms with Crippen molar-refractivity contribution in [2.75, 3.05) is 13.2 Å². The van der Waals surface area contributed by atoms with Crippen LogP contribution in [-0.4, -0.2) is 30.2 Å². The van der Waals surface area contributed by atoms with E-state index in [1.54, 1.807) is 6.92 Å². The van der Waals surface area contributed by atoms with Gasteiger partial charge in [0, 0.05) is 13.0 Å². The molecule has 0 aliphatic heterocycles. The van der Waals surface area contributed by atoms with Gasteiger partial charge in [0.1, 0.15) is 11.5 Å². The van der Waals surface area contributed by atoms with Crippen LogP contribution in [0.25, 0.3) is 0 Å². The van der Waals surface area contributed by atoms with E-state index in [4.69, 9.17) is 9.47 Å². The SMILES string of the molecule is CCOC(=O)c1cnc(C#CCCNC(=O)OCc2ccccc2)s1. The predicted octanol–water partition coefficient (Wildman–Crippen LogP) is 2.99. The number of alkyl carbamates (subject to hydrolysis) is 1. The van der Waals surface area contributed by atoms with Crippen LogP contribution in [0, 0.1) is 11.8 Å². The van der Waals surface area contributed by atoms with Crippen molar-refractivity contribution in [2.45, 2.75) is 20.0 Å². The number of carbonyl (C=O) groups is 2. The van der Waals surface area contributed by atoms with E-state index in [1.807, 2.05) is 30.3 Å². The average molecular weight is 358 g/mol. The Labute approximate surface area is 150 Å². The molecule has 0 radical (unpaired) electrons. The Balaban J connectivity index is 1.67. The largest absolute Gasteiger partial charge is 0.462 e. The minimum Gasteiger partial charge on any atom is -0.462 e. The molecule has 1 heterocycles. The Bertz CT molecular complexity index is 762. The number of nitrogens with one attached hydrogen (secondary N) is 1. The van der Waals surface area contributed by atoms with E-state index in [-0.39, 0.29) is 6.61 Å². The number of thiazole rings is 1. The molecule has 0 bridgehead atoms. The van der Waals surface area contributed by atoms with Crippen LogP contribution in [0.3, 0.4) is 0 Å². The molecule has 1 aromatic heterocycles. The van der Waals surface area contributed by atoms with Gasteiger partial charge in [-0.25, -0.2) is 14.6 Å². The van der Waals surface area contributed by atoms with Gasteiger partial charge in [-0.3, -0.25) is 0 Å². The van der Waals surface area contributed by atoms with Crippen LogP contribution in [0.15, 0.2) is 36.5 Å². The molecule has 0 aliphatic carbocycles. The second kappa shape index (κ2) is 10.1. The van der Waals surface area contributed by atoms with Crippen molar-refractivity contribution in [1.82, 2.24) is 10.3 Å². The van der Waals surface area contributed by atoms with E-state index in [0.29, 0.717) is 29.5 Å². The summed E-state index contributed by atoms with van der Waals surface area (Å²) < 4.78 is 9.97. The summed E-state index contributed by atoms with van der Waals surface area (Å²) in [5, 5.41) is 3.16. The number of amides is 1. The number of ether oxygens (including phenoxy) is 2. The minimum atomic E-state index is -0.482. The summed E-state index contributed by atoms with van der Waals surface area (Å²) in [4.78, 5) is 27.5. The molecule has 0 unspecified atom stereocenters. The van der Waals surface area contributed by atoms with Crippen LogP contribution < -0.4 is 5.32 Å². The number of nitrogens with zero attached hydrogens (tertiary/aromatic N) is 1. The lowest BCUT2D eigenvalue weighted by Gasteiger charge is -2.05. The molecule has 0 atom stereocenters. The molecule has 6 nitrogen and oxygen atoms in total. The van der Waals surface area contributed by atoms with Gasteiger partial charge in [-0.15, -0.1) is 0 Å². The maximum Gasteiger partial charge on any atom is 0.407 e. The van der Waals surface area contributed by atoms with Gasteiger partial charge in [0.05, 0.1) is 12.8 Å². The van der Waals surface area contributed by atoms with Crippen LogP contribution in [0.1, 0.15) is 33.6 Å².